The predicted molar refractivity (Wildman–Crippen MR) is 105 cm³/mol. The number of fused-ring (bicyclic) bond motifs is 1. The minimum absolute atomic E-state index is 0.0957. The van der Waals surface area contributed by atoms with E-state index in [0.717, 1.165) is 11.1 Å². The summed E-state index contributed by atoms with van der Waals surface area (Å²) >= 11 is 0. The van der Waals surface area contributed by atoms with Gasteiger partial charge in [0.2, 0.25) is 11.8 Å². The first-order valence-corrected chi connectivity index (χ1v) is 9.09. The first kappa shape index (κ1) is 17.9. The van der Waals surface area contributed by atoms with Gasteiger partial charge in [-0.15, -0.1) is 0 Å². The molecule has 0 aliphatic carbocycles. The monoisotopic (exact) mass is 374 g/mol. The van der Waals surface area contributed by atoms with E-state index in [2.05, 4.69) is 5.32 Å². The van der Waals surface area contributed by atoms with Crippen molar-refractivity contribution in [3.05, 3.63) is 101 Å². The van der Waals surface area contributed by atoms with Gasteiger partial charge in [-0.3, -0.25) is 9.59 Å². The van der Waals surface area contributed by atoms with Crippen LogP contribution in [0.3, 0.4) is 0 Å². The summed E-state index contributed by atoms with van der Waals surface area (Å²) in [5, 5.41) is 2.80. The zero-order chi connectivity index (χ0) is 19.5. The van der Waals surface area contributed by atoms with Crippen molar-refractivity contribution in [1.82, 2.24) is 4.90 Å². The fourth-order valence-electron chi connectivity index (χ4n) is 3.58. The van der Waals surface area contributed by atoms with Crippen LogP contribution >= 0.6 is 0 Å². The molecule has 1 heterocycles. The van der Waals surface area contributed by atoms with E-state index >= 15 is 0 Å². The minimum atomic E-state index is -0.554. The van der Waals surface area contributed by atoms with Gasteiger partial charge in [-0.2, -0.15) is 0 Å². The Bertz CT molecular complexity index is 1010. The van der Waals surface area contributed by atoms with E-state index in [9.17, 15) is 14.0 Å². The normalized spacial score (nSPS) is 16.1. The van der Waals surface area contributed by atoms with Gasteiger partial charge in [0.1, 0.15) is 12.4 Å². The lowest BCUT2D eigenvalue weighted by Crippen LogP contribution is -2.39. The van der Waals surface area contributed by atoms with Crippen molar-refractivity contribution in [2.75, 3.05) is 11.9 Å². The van der Waals surface area contributed by atoms with Crippen LogP contribution < -0.4 is 5.32 Å². The zero-order valence-electron chi connectivity index (χ0n) is 15.1. The molecule has 0 spiro atoms. The maximum absolute atomic E-state index is 14.1. The lowest BCUT2D eigenvalue weighted by atomic mass is 9.95. The number of carbonyl (C=O) groups is 2. The number of hydrogen-bond acceptors (Lipinski definition) is 2. The first-order chi connectivity index (χ1) is 13.6. The van der Waals surface area contributed by atoms with Crippen LogP contribution in [0.1, 0.15) is 22.7 Å². The molecule has 4 nitrogen and oxygen atoms in total. The number of rotatable bonds is 3. The highest BCUT2D eigenvalue weighted by molar-refractivity contribution is 5.97. The molecule has 3 aromatic rings. The molecule has 5 heteroatoms. The average Bonchev–Trinajstić information content (AvgIpc) is 2.85. The van der Waals surface area contributed by atoms with Gasteiger partial charge >= 0.3 is 0 Å². The van der Waals surface area contributed by atoms with Crippen LogP contribution in [0.2, 0.25) is 0 Å². The Hall–Kier alpha value is -3.47. The van der Waals surface area contributed by atoms with Crippen LogP contribution in [0, 0.1) is 5.82 Å². The molecular weight excluding hydrogens is 355 g/mol. The van der Waals surface area contributed by atoms with E-state index in [4.69, 9.17) is 0 Å². The molecule has 1 aliphatic rings. The highest BCUT2D eigenvalue weighted by Crippen LogP contribution is 2.36. The molecule has 0 radical (unpaired) electrons. The van der Waals surface area contributed by atoms with Gasteiger partial charge in [-0.1, -0.05) is 60.7 Å². The van der Waals surface area contributed by atoms with Gasteiger partial charge in [0.05, 0.1) is 12.5 Å². The minimum Gasteiger partial charge on any atom is -0.324 e. The number of hydrogen-bond donors (Lipinski definition) is 1. The second-order valence-corrected chi connectivity index (χ2v) is 6.78. The summed E-state index contributed by atoms with van der Waals surface area (Å²) in [5.74, 6) is -0.897. The largest absolute Gasteiger partial charge is 0.324 e. The van der Waals surface area contributed by atoms with Crippen molar-refractivity contribution in [1.29, 1.82) is 0 Å². The summed E-state index contributed by atoms with van der Waals surface area (Å²) in [5.41, 5.74) is 2.78. The van der Waals surface area contributed by atoms with Crippen LogP contribution in [-0.2, 0) is 16.0 Å². The van der Waals surface area contributed by atoms with Gasteiger partial charge in [-0.25, -0.2) is 4.39 Å². The average molecular weight is 374 g/mol. The molecule has 0 aromatic heterocycles. The van der Waals surface area contributed by atoms with Crippen molar-refractivity contribution in [3.63, 3.8) is 0 Å². The Kier molecular flexibility index (Phi) is 4.89. The van der Waals surface area contributed by atoms with Crippen LogP contribution in [0.25, 0.3) is 0 Å². The Morgan fingerprint density at radius 1 is 1.00 bits per heavy atom. The van der Waals surface area contributed by atoms with Crippen molar-refractivity contribution in [3.8, 4) is 0 Å². The van der Waals surface area contributed by atoms with Crippen molar-refractivity contribution in [2.24, 2.45) is 0 Å². The molecule has 4 rings (SSSR count). The third kappa shape index (κ3) is 3.64. The summed E-state index contributed by atoms with van der Waals surface area (Å²) < 4.78 is 14.1. The molecule has 1 atom stereocenters. The molecular formula is C23H19FN2O2. The molecule has 140 valence electrons. The molecule has 3 aromatic carbocycles. The Balaban J connectivity index is 1.80. The second-order valence-electron chi connectivity index (χ2n) is 6.78. The summed E-state index contributed by atoms with van der Waals surface area (Å²) in [6.07, 6.45) is 0.169. The molecule has 28 heavy (non-hydrogen) atoms. The van der Waals surface area contributed by atoms with Crippen LogP contribution in [0.4, 0.5) is 10.1 Å². The topological polar surface area (TPSA) is 49.4 Å². The molecule has 0 saturated carbocycles. The van der Waals surface area contributed by atoms with E-state index in [-0.39, 0.29) is 24.8 Å². The van der Waals surface area contributed by atoms with E-state index in [0.29, 0.717) is 11.3 Å². The molecule has 0 saturated heterocycles. The van der Waals surface area contributed by atoms with Gasteiger partial charge in [0.25, 0.3) is 0 Å². The Labute approximate surface area is 162 Å². The van der Waals surface area contributed by atoms with E-state index < -0.39 is 11.9 Å². The van der Waals surface area contributed by atoms with Crippen LogP contribution in [0.5, 0.6) is 0 Å². The SMILES string of the molecule is O=C1CN(C(=O)Cc2ccccc2)[C@H](c2ccccc2)c2cc(F)ccc2N1. The highest BCUT2D eigenvalue weighted by atomic mass is 19.1. The number of benzene rings is 3. The smallest absolute Gasteiger partial charge is 0.244 e. The quantitative estimate of drug-likeness (QED) is 0.755. The van der Waals surface area contributed by atoms with Gasteiger partial charge in [0, 0.05) is 11.3 Å². The standard InChI is InChI=1S/C23H19FN2O2/c24-18-11-12-20-19(14-18)23(17-9-5-2-6-10-17)26(15-21(27)25-20)22(28)13-16-7-3-1-4-8-16/h1-12,14,23H,13,15H2,(H,25,27)/t23-/m1/s1. The zero-order valence-corrected chi connectivity index (χ0v) is 15.1. The highest BCUT2D eigenvalue weighted by Gasteiger charge is 2.33. The fourth-order valence-corrected chi connectivity index (χ4v) is 3.58. The molecule has 0 fully saturated rings. The molecule has 0 bridgehead atoms. The number of halogens is 1. The van der Waals surface area contributed by atoms with Gasteiger partial charge in [0.15, 0.2) is 0 Å². The number of anilines is 1. The number of nitrogens with zero attached hydrogens (tertiary/aromatic N) is 1. The second kappa shape index (κ2) is 7.64. The van der Waals surface area contributed by atoms with E-state index in [1.165, 1.54) is 17.0 Å². The fraction of sp³-hybridized carbons (Fsp3) is 0.130. The Morgan fingerprint density at radius 2 is 1.68 bits per heavy atom. The molecule has 1 aliphatic heterocycles. The third-order valence-corrected chi connectivity index (χ3v) is 4.84. The lowest BCUT2D eigenvalue weighted by Gasteiger charge is -2.30. The summed E-state index contributed by atoms with van der Waals surface area (Å²) in [7, 11) is 0. The number of carbonyl (C=O) groups excluding carboxylic acids is 2. The van der Waals surface area contributed by atoms with E-state index in [1.54, 1.807) is 6.07 Å². The maximum atomic E-state index is 14.1. The third-order valence-electron chi connectivity index (χ3n) is 4.84. The summed E-state index contributed by atoms with van der Waals surface area (Å²) in [4.78, 5) is 27.2. The number of nitrogens with one attached hydrogen (secondary N) is 1. The van der Waals surface area contributed by atoms with Gasteiger partial charge < -0.3 is 10.2 Å². The van der Waals surface area contributed by atoms with Crippen molar-refractivity contribution < 1.29 is 14.0 Å². The first-order valence-electron chi connectivity index (χ1n) is 9.09. The lowest BCUT2D eigenvalue weighted by molar-refractivity contribution is -0.135. The Morgan fingerprint density at radius 3 is 2.39 bits per heavy atom. The molecule has 0 unspecified atom stereocenters. The molecule has 1 N–H and O–H groups in total. The van der Waals surface area contributed by atoms with E-state index in [1.807, 2.05) is 60.7 Å². The van der Waals surface area contributed by atoms with Crippen molar-refractivity contribution >= 4 is 17.5 Å². The molecule has 2 amide bonds. The van der Waals surface area contributed by atoms with Crippen LogP contribution in [0.15, 0.2) is 78.9 Å². The van der Waals surface area contributed by atoms with Gasteiger partial charge in [-0.05, 0) is 29.3 Å². The predicted octanol–water partition coefficient (Wildman–Crippen LogP) is 3.94. The van der Waals surface area contributed by atoms with Crippen molar-refractivity contribution in [2.45, 2.75) is 12.5 Å². The summed E-state index contributed by atoms with van der Waals surface area (Å²) in [6, 6.07) is 22.5. The number of amides is 2. The maximum Gasteiger partial charge on any atom is 0.244 e. The summed E-state index contributed by atoms with van der Waals surface area (Å²) in [6.45, 7) is -0.0957. The van der Waals surface area contributed by atoms with Crippen LogP contribution in [-0.4, -0.2) is 23.3 Å².